The highest BCUT2D eigenvalue weighted by molar-refractivity contribution is 5.64. The van der Waals surface area contributed by atoms with Crippen LogP contribution in [-0.4, -0.2) is 20.6 Å². The van der Waals surface area contributed by atoms with Crippen LogP contribution in [-0.2, 0) is 13.2 Å². The minimum Gasteiger partial charge on any atom is -0.489 e. The largest absolute Gasteiger partial charge is 0.489 e. The van der Waals surface area contributed by atoms with E-state index in [4.69, 9.17) is 4.74 Å². The van der Waals surface area contributed by atoms with Gasteiger partial charge in [0.1, 0.15) is 17.3 Å². The molecule has 0 bridgehead atoms. The van der Waals surface area contributed by atoms with Gasteiger partial charge in [0, 0.05) is 19.4 Å². The lowest BCUT2D eigenvalue weighted by atomic mass is 10.2. The molecule has 2 aromatic heterocycles. The third-order valence-electron chi connectivity index (χ3n) is 2.58. The molecule has 0 fully saturated rings. The maximum Gasteiger partial charge on any atom is 0.433 e. The molecule has 0 amide bonds. The number of aryl methyl sites for hydroxylation is 1. The fourth-order valence-corrected chi connectivity index (χ4v) is 1.75. The molecule has 0 saturated carbocycles. The summed E-state index contributed by atoms with van der Waals surface area (Å²) in [5.74, 6) is 0.677. The van der Waals surface area contributed by atoms with Crippen molar-refractivity contribution in [1.82, 2.24) is 14.5 Å². The highest BCUT2D eigenvalue weighted by Gasteiger charge is 2.33. The standard InChI is InChI=1S/C13H14F3N3O/c1-8(2)20-10-7-18-11(13(14,15)16)6-9(10)12-17-4-5-19(12)3/h4-8H,1-3H3. The smallest absolute Gasteiger partial charge is 0.433 e. The van der Waals surface area contributed by atoms with Crippen LogP contribution in [0.5, 0.6) is 5.75 Å². The fraction of sp³-hybridized carbons (Fsp3) is 0.385. The van der Waals surface area contributed by atoms with Gasteiger partial charge in [-0.15, -0.1) is 0 Å². The van der Waals surface area contributed by atoms with E-state index < -0.39 is 11.9 Å². The molecule has 0 aliphatic heterocycles. The van der Waals surface area contributed by atoms with Crippen molar-refractivity contribution in [3.05, 3.63) is 30.4 Å². The molecular weight excluding hydrogens is 271 g/mol. The van der Waals surface area contributed by atoms with Crippen molar-refractivity contribution in [2.45, 2.75) is 26.1 Å². The number of hydrogen-bond donors (Lipinski definition) is 0. The number of rotatable bonds is 3. The van der Waals surface area contributed by atoms with Crippen molar-refractivity contribution >= 4 is 0 Å². The Morgan fingerprint density at radius 1 is 1.25 bits per heavy atom. The van der Waals surface area contributed by atoms with Crippen LogP contribution in [0.15, 0.2) is 24.7 Å². The number of pyridine rings is 1. The lowest BCUT2D eigenvalue weighted by molar-refractivity contribution is -0.141. The van der Waals surface area contributed by atoms with Crippen LogP contribution < -0.4 is 4.74 Å². The molecule has 108 valence electrons. The van der Waals surface area contributed by atoms with Crippen LogP contribution in [0.4, 0.5) is 13.2 Å². The molecule has 0 radical (unpaired) electrons. The Labute approximate surface area is 114 Å². The highest BCUT2D eigenvalue weighted by atomic mass is 19.4. The zero-order chi connectivity index (χ0) is 14.9. The molecule has 0 saturated heterocycles. The molecule has 0 unspecified atom stereocenters. The molecular formula is C13H14F3N3O. The summed E-state index contributed by atoms with van der Waals surface area (Å²) in [6.07, 6.45) is -0.416. The lowest BCUT2D eigenvalue weighted by Crippen LogP contribution is -2.12. The summed E-state index contributed by atoms with van der Waals surface area (Å²) in [4.78, 5) is 7.48. The molecule has 20 heavy (non-hydrogen) atoms. The molecule has 0 aliphatic carbocycles. The maximum absolute atomic E-state index is 12.8. The number of hydrogen-bond acceptors (Lipinski definition) is 3. The average molecular weight is 285 g/mol. The van der Waals surface area contributed by atoms with Crippen molar-refractivity contribution < 1.29 is 17.9 Å². The SMILES string of the molecule is CC(C)Oc1cnc(C(F)(F)F)cc1-c1nccn1C. The number of nitrogens with zero attached hydrogens (tertiary/aromatic N) is 3. The molecule has 0 atom stereocenters. The van der Waals surface area contributed by atoms with Crippen LogP contribution in [0.1, 0.15) is 19.5 Å². The summed E-state index contributed by atoms with van der Waals surface area (Å²) >= 11 is 0. The Balaban J connectivity index is 2.57. The van der Waals surface area contributed by atoms with E-state index in [0.29, 0.717) is 5.82 Å². The van der Waals surface area contributed by atoms with E-state index >= 15 is 0 Å². The van der Waals surface area contributed by atoms with E-state index in [2.05, 4.69) is 9.97 Å². The third-order valence-corrected chi connectivity index (χ3v) is 2.58. The van der Waals surface area contributed by atoms with Gasteiger partial charge < -0.3 is 9.30 Å². The number of alkyl halides is 3. The van der Waals surface area contributed by atoms with Crippen molar-refractivity contribution in [1.29, 1.82) is 0 Å². The van der Waals surface area contributed by atoms with Crippen molar-refractivity contribution in [2.75, 3.05) is 0 Å². The first-order chi connectivity index (χ1) is 9.29. The first-order valence-electron chi connectivity index (χ1n) is 6.00. The van der Waals surface area contributed by atoms with E-state index in [9.17, 15) is 13.2 Å². The van der Waals surface area contributed by atoms with E-state index in [1.54, 1.807) is 31.7 Å². The topological polar surface area (TPSA) is 39.9 Å². The van der Waals surface area contributed by atoms with Gasteiger partial charge in [0.2, 0.25) is 0 Å². The Bertz CT molecular complexity index is 605. The summed E-state index contributed by atoms with van der Waals surface area (Å²) < 4.78 is 45.5. The summed E-state index contributed by atoms with van der Waals surface area (Å²) in [6, 6.07) is 0.958. The Morgan fingerprint density at radius 3 is 2.45 bits per heavy atom. The second-order valence-electron chi connectivity index (χ2n) is 4.59. The summed E-state index contributed by atoms with van der Waals surface area (Å²) in [7, 11) is 1.70. The monoisotopic (exact) mass is 285 g/mol. The molecule has 2 aromatic rings. The lowest BCUT2D eigenvalue weighted by Gasteiger charge is -2.15. The van der Waals surface area contributed by atoms with Gasteiger partial charge in [0.15, 0.2) is 0 Å². The molecule has 0 N–H and O–H groups in total. The van der Waals surface area contributed by atoms with Crippen LogP contribution in [0.3, 0.4) is 0 Å². The molecule has 7 heteroatoms. The number of halogens is 3. The first kappa shape index (κ1) is 14.4. The van der Waals surface area contributed by atoms with Gasteiger partial charge in [-0.3, -0.25) is 0 Å². The molecule has 4 nitrogen and oxygen atoms in total. The van der Waals surface area contributed by atoms with Crippen LogP contribution in [0.2, 0.25) is 0 Å². The van der Waals surface area contributed by atoms with Crippen LogP contribution in [0, 0.1) is 0 Å². The normalized spacial score (nSPS) is 11.9. The second-order valence-corrected chi connectivity index (χ2v) is 4.59. The Morgan fingerprint density at radius 2 is 1.95 bits per heavy atom. The molecule has 0 aromatic carbocycles. The van der Waals surface area contributed by atoms with Gasteiger partial charge >= 0.3 is 6.18 Å². The summed E-state index contributed by atoms with van der Waals surface area (Å²) in [5, 5.41) is 0. The van der Waals surface area contributed by atoms with E-state index in [-0.39, 0.29) is 17.4 Å². The van der Waals surface area contributed by atoms with E-state index in [0.717, 1.165) is 12.3 Å². The summed E-state index contributed by atoms with van der Waals surface area (Å²) in [5.41, 5.74) is -0.694. The number of imidazole rings is 1. The zero-order valence-corrected chi connectivity index (χ0v) is 11.3. The molecule has 2 heterocycles. The minimum absolute atomic E-state index is 0.174. The van der Waals surface area contributed by atoms with Gasteiger partial charge in [-0.1, -0.05) is 0 Å². The van der Waals surface area contributed by atoms with Crippen molar-refractivity contribution in [3.63, 3.8) is 0 Å². The van der Waals surface area contributed by atoms with Crippen LogP contribution in [0.25, 0.3) is 11.4 Å². The van der Waals surface area contributed by atoms with Gasteiger partial charge in [-0.2, -0.15) is 13.2 Å². The Hall–Kier alpha value is -2.05. The zero-order valence-electron chi connectivity index (χ0n) is 11.3. The molecule has 0 spiro atoms. The maximum atomic E-state index is 12.8. The van der Waals surface area contributed by atoms with Crippen LogP contribution >= 0.6 is 0 Å². The van der Waals surface area contributed by atoms with Crippen molar-refractivity contribution in [2.24, 2.45) is 7.05 Å². The quantitative estimate of drug-likeness (QED) is 0.868. The predicted octanol–water partition coefficient (Wildman–Crippen LogP) is 3.29. The fourth-order valence-electron chi connectivity index (χ4n) is 1.75. The average Bonchev–Trinajstić information content (AvgIpc) is 2.73. The van der Waals surface area contributed by atoms with Gasteiger partial charge in [0.25, 0.3) is 0 Å². The second kappa shape index (κ2) is 5.15. The number of ether oxygens (including phenoxy) is 1. The third kappa shape index (κ3) is 2.92. The van der Waals surface area contributed by atoms with E-state index in [1.165, 1.54) is 6.20 Å². The van der Waals surface area contributed by atoms with Gasteiger partial charge in [0.05, 0.1) is 17.9 Å². The Kier molecular flexibility index (Phi) is 3.69. The highest BCUT2D eigenvalue weighted by Crippen LogP contribution is 2.35. The summed E-state index contributed by atoms with van der Waals surface area (Å²) in [6.45, 7) is 3.58. The van der Waals surface area contributed by atoms with Gasteiger partial charge in [-0.25, -0.2) is 9.97 Å². The number of aromatic nitrogens is 3. The van der Waals surface area contributed by atoms with E-state index in [1.807, 2.05) is 0 Å². The molecule has 2 rings (SSSR count). The van der Waals surface area contributed by atoms with Crippen molar-refractivity contribution in [3.8, 4) is 17.1 Å². The molecule has 0 aliphatic rings. The first-order valence-corrected chi connectivity index (χ1v) is 6.00. The minimum atomic E-state index is -4.50. The predicted molar refractivity (Wildman–Crippen MR) is 67.2 cm³/mol. The van der Waals surface area contributed by atoms with Gasteiger partial charge in [-0.05, 0) is 19.9 Å².